The Hall–Kier alpha value is -2.01. The van der Waals surface area contributed by atoms with Crippen molar-refractivity contribution in [2.45, 2.75) is 4.90 Å². The van der Waals surface area contributed by atoms with Gasteiger partial charge in [-0.15, -0.1) is 11.8 Å². The predicted molar refractivity (Wildman–Crippen MR) is 74.4 cm³/mol. The minimum atomic E-state index is -0.0823. The molecule has 4 nitrogen and oxygen atoms in total. The largest absolute Gasteiger partial charge is 0.399 e. The molecule has 0 aliphatic carbocycles. The second-order valence-corrected chi connectivity index (χ2v) is 4.67. The second kappa shape index (κ2) is 6.07. The van der Waals surface area contributed by atoms with E-state index in [-0.39, 0.29) is 5.91 Å². The fourth-order valence-electron chi connectivity index (χ4n) is 1.37. The van der Waals surface area contributed by atoms with Crippen LogP contribution in [0.3, 0.4) is 0 Å². The van der Waals surface area contributed by atoms with Crippen molar-refractivity contribution in [3.8, 4) is 0 Å². The fraction of sp³-hybridized carbons (Fsp3) is 0.0769. The van der Waals surface area contributed by atoms with Gasteiger partial charge in [-0.05, 0) is 30.3 Å². The molecule has 0 saturated heterocycles. The summed E-state index contributed by atoms with van der Waals surface area (Å²) in [6, 6.07) is 12.8. The van der Waals surface area contributed by atoms with E-state index in [2.05, 4.69) is 10.3 Å². The second-order valence-electron chi connectivity index (χ2n) is 3.62. The van der Waals surface area contributed by atoms with Crippen molar-refractivity contribution in [2.75, 3.05) is 16.8 Å². The number of nitrogen functional groups attached to an aromatic ring is 1. The zero-order valence-corrected chi connectivity index (χ0v) is 10.5. The van der Waals surface area contributed by atoms with Gasteiger partial charge in [0, 0.05) is 16.8 Å². The number of pyridine rings is 1. The molecule has 1 aromatic heterocycles. The Balaban J connectivity index is 1.85. The number of thioether (sulfide) groups is 1. The van der Waals surface area contributed by atoms with Crippen molar-refractivity contribution < 1.29 is 4.79 Å². The number of nitrogens with one attached hydrogen (secondary N) is 1. The molecular formula is C13H13N3OS. The van der Waals surface area contributed by atoms with E-state index in [4.69, 9.17) is 5.73 Å². The van der Waals surface area contributed by atoms with Crippen LogP contribution in [-0.4, -0.2) is 16.6 Å². The zero-order valence-electron chi connectivity index (χ0n) is 9.67. The third-order valence-electron chi connectivity index (χ3n) is 2.16. The molecule has 0 unspecified atom stereocenters. The van der Waals surface area contributed by atoms with E-state index >= 15 is 0 Å². The van der Waals surface area contributed by atoms with Crippen LogP contribution in [0.1, 0.15) is 0 Å². The van der Waals surface area contributed by atoms with Crippen molar-refractivity contribution >= 4 is 29.2 Å². The molecular weight excluding hydrogens is 246 g/mol. The summed E-state index contributed by atoms with van der Waals surface area (Å²) >= 11 is 1.44. The van der Waals surface area contributed by atoms with E-state index in [1.165, 1.54) is 11.8 Å². The smallest absolute Gasteiger partial charge is 0.235 e. The number of nitrogens with zero attached hydrogens (tertiary/aromatic N) is 1. The maximum atomic E-state index is 11.7. The van der Waals surface area contributed by atoms with Gasteiger partial charge in [0.1, 0.15) is 5.82 Å². The van der Waals surface area contributed by atoms with E-state index in [9.17, 15) is 4.79 Å². The van der Waals surface area contributed by atoms with E-state index in [1.54, 1.807) is 18.3 Å². The number of amides is 1. The molecule has 0 aliphatic rings. The lowest BCUT2D eigenvalue weighted by Crippen LogP contribution is -2.14. The van der Waals surface area contributed by atoms with Crippen molar-refractivity contribution in [3.63, 3.8) is 0 Å². The summed E-state index contributed by atoms with van der Waals surface area (Å²) in [5, 5.41) is 2.72. The van der Waals surface area contributed by atoms with Gasteiger partial charge in [0.2, 0.25) is 5.91 Å². The van der Waals surface area contributed by atoms with Crippen LogP contribution in [0, 0.1) is 0 Å². The molecule has 0 bridgehead atoms. The molecule has 5 heteroatoms. The van der Waals surface area contributed by atoms with E-state index in [0.29, 0.717) is 17.3 Å². The number of hydrogen-bond donors (Lipinski definition) is 2. The van der Waals surface area contributed by atoms with E-state index < -0.39 is 0 Å². The molecule has 1 amide bonds. The van der Waals surface area contributed by atoms with Gasteiger partial charge in [0.15, 0.2) is 0 Å². The summed E-state index contributed by atoms with van der Waals surface area (Å²) in [4.78, 5) is 16.7. The van der Waals surface area contributed by atoms with Gasteiger partial charge in [0.05, 0.1) is 5.75 Å². The summed E-state index contributed by atoms with van der Waals surface area (Å²) < 4.78 is 0. The Morgan fingerprint density at radius 2 is 2.17 bits per heavy atom. The summed E-state index contributed by atoms with van der Waals surface area (Å²) in [5.74, 6) is 0.817. The minimum absolute atomic E-state index is 0.0823. The van der Waals surface area contributed by atoms with Crippen molar-refractivity contribution in [3.05, 3.63) is 48.7 Å². The van der Waals surface area contributed by atoms with Crippen LogP contribution in [-0.2, 0) is 4.79 Å². The normalized spacial score (nSPS) is 10.0. The van der Waals surface area contributed by atoms with E-state index in [1.807, 2.05) is 30.3 Å². The van der Waals surface area contributed by atoms with Crippen molar-refractivity contribution in [2.24, 2.45) is 0 Å². The van der Waals surface area contributed by atoms with Crippen LogP contribution in [0.15, 0.2) is 53.6 Å². The Morgan fingerprint density at radius 1 is 1.28 bits per heavy atom. The molecule has 92 valence electrons. The third-order valence-corrected chi connectivity index (χ3v) is 3.15. The molecule has 2 rings (SSSR count). The quantitative estimate of drug-likeness (QED) is 0.653. The van der Waals surface area contributed by atoms with E-state index in [0.717, 1.165) is 4.90 Å². The zero-order chi connectivity index (χ0) is 12.8. The number of nitrogens with two attached hydrogens (primary N) is 1. The fourth-order valence-corrected chi connectivity index (χ4v) is 2.13. The van der Waals surface area contributed by atoms with Gasteiger partial charge in [-0.25, -0.2) is 4.98 Å². The average molecular weight is 259 g/mol. The molecule has 0 radical (unpaired) electrons. The molecule has 1 aromatic carbocycles. The van der Waals surface area contributed by atoms with Crippen LogP contribution in [0.4, 0.5) is 11.5 Å². The number of carbonyl (C=O) groups excluding carboxylic acids is 1. The van der Waals surface area contributed by atoms with Gasteiger partial charge in [-0.2, -0.15) is 0 Å². The topological polar surface area (TPSA) is 68.0 Å². The molecule has 0 fully saturated rings. The summed E-state index contributed by atoms with van der Waals surface area (Å²) in [5.41, 5.74) is 6.36. The lowest BCUT2D eigenvalue weighted by Gasteiger charge is -2.04. The Bertz CT molecular complexity index is 531. The number of hydrogen-bond acceptors (Lipinski definition) is 4. The van der Waals surface area contributed by atoms with Gasteiger partial charge in [-0.3, -0.25) is 4.79 Å². The standard InChI is InChI=1S/C13H13N3OS/c14-10-4-3-5-11(8-10)18-9-13(17)16-12-6-1-2-7-15-12/h1-8H,9,14H2,(H,15,16,17). The predicted octanol–water partition coefficient (Wildman–Crippen LogP) is 2.39. The molecule has 0 aliphatic heterocycles. The number of aromatic nitrogens is 1. The summed E-state index contributed by atoms with van der Waals surface area (Å²) in [6.45, 7) is 0. The Labute approximate surface area is 110 Å². The Morgan fingerprint density at radius 3 is 2.89 bits per heavy atom. The number of rotatable bonds is 4. The maximum absolute atomic E-state index is 11.7. The molecule has 1 heterocycles. The summed E-state index contributed by atoms with van der Waals surface area (Å²) in [6.07, 6.45) is 1.64. The van der Waals surface area contributed by atoms with Crippen LogP contribution < -0.4 is 11.1 Å². The highest BCUT2D eigenvalue weighted by Gasteiger charge is 2.04. The van der Waals surface area contributed by atoms with Crippen molar-refractivity contribution in [1.29, 1.82) is 0 Å². The number of benzene rings is 1. The molecule has 0 saturated carbocycles. The number of anilines is 2. The summed E-state index contributed by atoms with van der Waals surface area (Å²) in [7, 11) is 0. The van der Waals surface area contributed by atoms with Crippen LogP contribution >= 0.6 is 11.8 Å². The number of carbonyl (C=O) groups is 1. The monoisotopic (exact) mass is 259 g/mol. The first-order valence-corrected chi connectivity index (χ1v) is 6.42. The highest BCUT2D eigenvalue weighted by atomic mass is 32.2. The maximum Gasteiger partial charge on any atom is 0.235 e. The highest BCUT2D eigenvalue weighted by molar-refractivity contribution is 8.00. The highest BCUT2D eigenvalue weighted by Crippen LogP contribution is 2.20. The Kier molecular flexibility index (Phi) is 4.20. The lowest BCUT2D eigenvalue weighted by atomic mass is 10.3. The minimum Gasteiger partial charge on any atom is -0.399 e. The first-order chi connectivity index (χ1) is 8.74. The van der Waals surface area contributed by atoms with Gasteiger partial charge >= 0.3 is 0 Å². The van der Waals surface area contributed by atoms with Gasteiger partial charge in [0.25, 0.3) is 0 Å². The van der Waals surface area contributed by atoms with Gasteiger partial charge in [-0.1, -0.05) is 12.1 Å². The molecule has 2 aromatic rings. The van der Waals surface area contributed by atoms with Crippen LogP contribution in [0.2, 0.25) is 0 Å². The van der Waals surface area contributed by atoms with Gasteiger partial charge < -0.3 is 11.1 Å². The SMILES string of the molecule is Nc1cccc(SCC(=O)Nc2ccccn2)c1. The van der Waals surface area contributed by atoms with Crippen LogP contribution in [0.5, 0.6) is 0 Å². The first-order valence-electron chi connectivity index (χ1n) is 5.43. The lowest BCUT2D eigenvalue weighted by molar-refractivity contribution is -0.113. The first kappa shape index (κ1) is 12.4. The van der Waals surface area contributed by atoms with Crippen LogP contribution in [0.25, 0.3) is 0 Å². The average Bonchev–Trinajstić information content (AvgIpc) is 2.38. The molecule has 18 heavy (non-hydrogen) atoms. The molecule has 0 spiro atoms. The molecule has 0 atom stereocenters. The third kappa shape index (κ3) is 3.78. The van der Waals surface area contributed by atoms with Crippen molar-refractivity contribution in [1.82, 2.24) is 4.98 Å². The molecule has 3 N–H and O–H groups in total.